The summed E-state index contributed by atoms with van der Waals surface area (Å²) in [7, 11) is 0. The van der Waals surface area contributed by atoms with Crippen LogP contribution < -0.4 is 0 Å². The fourth-order valence-electron chi connectivity index (χ4n) is 0. The van der Waals surface area contributed by atoms with Gasteiger partial charge in [0.05, 0.1) is 0 Å². The van der Waals surface area contributed by atoms with Crippen LogP contribution in [0.15, 0.2) is 0 Å². The molecule has 3 radical (unpaired) electrons. The summed E-state index contributed by atoms with van der Waals surface area (Å²) in [6.07, 6.45) is 0. The van der Waals surface area contributed by atoms with Gasteiger partial charge in [0, 0.05) is 36.5 Å². The first-order chi connectivity index (χ1) is 0. The second-order valence-corrected chi connectivity index (χ2v) is 0. The summed E-state index contributed by atoms with van der Waals surface area (Å²) < 4.78 is 0. The van der Waals surface area contributed by atoms with E-state index in [1.807, 2.05) is 0 Å². The molecular weight excluding hydrogens is 279 g/mol. The zero-order valence-corrected chi connectivity index (χ0v) is 11.8. The molecule has 1 unspecified atom stereocenters. The Kier molecular flexibility index (Phi) is 149. The molecule has 0 saturated heterocycles. The molecule has 0 spiro atoms. The van der Waals surface area contributed by atoms with E-state index in [1.54, 1.807) is 0 Å². The van der Waals surface area contributed by atoms with Gasteiger partial charge in [-0.1, -0.05) is 0 Å². The Labute approximate surface area is 69.7 Å². The Hall–Kier alpha value is 2.37. The Bertz CT molecular complexity index is 8.00. The van der Waals surface area contributed by atoms with Crippen molar-refractivity contribution in [3.8, 4) is 0 Å². The minimum atomic E-state index is 0. The molecule has 0 rings (SSSR count). The van der Waals surface area contributed by atoms with Crippen molar-refractivity contribution in [3.05, 3.63) is 0 Å². The zero-order chi connectivity index (χ0) is 0. The SMILES string of the molecule is P.[Cu].[SnH2].[Zn]. The van der Waals surface area contributed by atoms with E-state index in [0.717, 1.165) is 0 Å². The molecule has 0 bridgehead atoms. The minimum Gasteiger partial charge on any atom is 0 e. The van der Waals surface area contributed by atoms with Crippen molar-refractivity contribution in [3.63, 3.8) is 0 Å². The topological polar surface area (TPSA) is 0 Å². The van der Waals surface area contributed by atoms with Crippen LogP contribution in [0.3, 0.4) is 0 Å². The van der Waals surface area contributed by atoms with Gasteiger partial charge in [-0.25, -0.2) is 0 Å². The third-order valence-electron chi connectivity index (χ3n) is 0. The predicted octanol–water partition coefficient (Wildman–Crippen LogP) is -0.863. The van der Waals surface area contributed by atoms with Crippen LogP contribution in [0.5, 0.6) is 0 Å². The average molecular weight is 284 g/mol. The van der Waals surface area contributed by atoms with Gasteiger partial charge in [-0.15, -0.1) is 0 Å². The third-order valence-corrected chi connectivity index (χ3v) is 0. The molecule has 0 aromatic carbocycles. The number of hydrogen-bond acceptors (Lipinski definition) is 0. The van der Waals surface area contributed by atoms with E-state index < -0.39 is 0 Å². The van der Waals surface area contributed by atoms with Crippen molar-refractivity contribution in [1.82, 2.24) is 0 Å². The van der Waals surface area contributed by atoms with Crippen LogP contribution in [0.1, 0.15) is 0 Å². The second-order valence-electron chi connectivity index (χ2n) is 0. The quantitative estimate of drug-likeness (QED) is 0.401. The van der Waals surface area contributed by atoms with E-state index in [9.17, 15) is 0 Å². The van der Waals surface area contributed by atoms with Gasteiger partial charge in [-0.2, -0.15) is 9.90 Å². The average Bonchev–Trinajstić information content (AvgIpc) is 0. The van der Waals surface area contributed by atoms with Gasteiger partial charge >= 0.3 is 23.9 Å². The summed E-state index contributed by atoms with van der Waals surface area (Å²) in [6.45, 7) is 0. The van der Waals surface area contributed by atoms with E-state index in [0.29, 0.717) is 0 Å². The molecule has 0 aromatic heterocycles. The van der Waals surface area contributed by atoms with Crippen LogP contribution in [0.25, 0.3) is 0 Å². The maximum atomic E-state index is 0. The van der Waals surface area contributed by atoms with Crippen LogP contribution in [0, 0.1) is 0 Å². The van der Waals surface area contributed by atoms with Gasteiger partial charge in [0.1, 0.15) is 0 Å². The van der Waals surface area contributed by atoms with Crippen LogP contribution in [0.2, 0.25) is 0 Å². The van der Waals surface area contributed by atoms with E-state index in [2.05, 4.69) is 0 Å². The normalized spacial score (nSPS) is 0. The van der Waals surface area contributed by atoms with Crippen molar-refractivity contribution >= 4 is 33.8 Å². The van der Waals surface area contributed by atoms with Gasteiger partial charge in [0.25, 0.3) is 0 Å². The molecule has 0 N–H and O–H groups in total. The van der Waals surface area contributed by atoms with Crippen molar-refractivity contribution in [1.29, 1.82) is 0 Å². The summed E-state index contributed by atoms with van der Waals surface area (Å²) >= 11 is 0. The minimum absolute atomic E-state index is 0. The Morgan fingerprint density at radius 2 is 1.00 bits per heavy atom. The molecule has 0 fully saturated rings. The molecule has 1 atom stereocenters. The first kappa shape index (κ1) is 32.7. The van der Waals surface area contributed by atoms with Crippen molar-refractivity contribution < 1.29 is 36.5 Å². The molecule has 0 aromatic rings. The molecule has 0 nitrogen and oxygen atoms in total. The Morgan fingerprint density at radius 1 is 1.00 bits per heavy atom. The zero-order valence-electron chi connectivity index (χ0n) is 2.42. The van der Waals surface area contributed by atoms with Gasteiger partial charge < -0.3 is 0 Å². The summed E-state index contributed by atoms with van der Waals surface area (Å²) in [4.78, 5) is 0. The van der Waals surface area contributed by atoms with Crippen LogP contribution in [0.4, 0.5) is 0 Å². The molecule has 0 aliphatic rings. The van der Waals surface area contributed by atoms with Gasteiger partial charge in [-0.05, 0) is 0 Å². The first-order valence-corrected chi connectivity index (χ1v) is 0. The molecule has 0 aliphatic heterocycles. The largest absolute Gasteiger partial charge is 0 e. The summed E-state index contributed by atoms with van der Waals surface area (Å²) in [5.41, 5.74) is 0. The van der Waals surface area contributed by atoms with Crippen molar-refractivity contribution in [2.24, 2.45) is 0 Å². The Morgan fingerprint density at radius 3 is 1.00 bits per heavy atom. The van der Waals surface area contributed by atoms with E-state index >= 15 is 0 Å². The second kappa shape index (κ2) is 18.3. The maximum Gasteiger partial charge on any atom is 0 e. The maximum absolute atomic E-state index is 0. The summed E-state index contributed by atoms with van der Waals surface area (Å²) in [5, 5.41) is 0. The van der Waals surface area contributed by atoms with Gasteiger partial charge in [0.15, 0.2) is 0 Å². The van der Waals surface area contributed by atoms with E-state index in [-0.39, 0.29) is 70.4 Å². The standard InChI is InChI=1S/Cu.H3P.Sn.Zn.2H/h;1H3;;;;. The molecule has 4 heavy (non-hydrogen) atoms. The smallest absolute Gasteiger partial charge is 0 e. The fourth-order valence-corrected chi connectivity index (χ4v) is 0. The Balaban J connectivity index is 0. The molecule has 0 saturated carbocycles. The predicted molar refractivity (Wildman–Crippen MR) is 19.6 cm³/mol. The first-order valence-electron chi connectivity index (χ1n) is 0. The molecular formula is H5CuPSnZn. The molecule has 0 aliphatic carbocycles. The third kappa shape index (κ3) is 8.84. The summed E-state index contributed by atoms with van der Waals surface area (Å²) in [6, 6.07) is 0. The van der Waals surface area contributed by atoms with E-state index in [4.69, 9.17) is 0 Å². The molecule has 0 amide bonds. The van der Waals surface area contributed by atoms with Crippen molar-refractivity contribution in [2.75, 3.05) is 0 Å². The molecule has 27 valence electrons. The van der Waals surface area contributed by atoms with Crippen LogP contribution >= 0.6 is 9.90 Å². The fraction of sp³-hybridized carbons (Fsp3) is 0. The summed E-state index contributed by atoms with van der Waals surface area (Å²) in [5.74, 6) is 0. The van der Waals surface area contributed by atoms with Crippen LogP contribution in [-0.2, 0) is 36.5 Å². The number of hydrogen-bond donors (Lipinski definition) is 0. The van der Waals surface area contributed by atoms with Gasteiger partial charge in [0.2, 0.25) is 0 Å². The molecule has 0 heterocycles. The number of rotatable bonds is 0. The monoisotopic (exact) mass is 283 g/mol. The molecule has 4 heteroatoms. The van der Waals surface area contributed by atoms with Gasteiger partial charge in [-0.3, -0.25) is 0 Å². The van der Waals surface area contributed by atoms with E-state index in [1.165, 1.54) is 0 Å². The van der Waals surface area contributed by atoms with Crippen molar-refractivity contribution in [2.45, 2.75) is 0 Å². The van der Waals surface area contributed by atoms with Crippen LogP contribution in [-0.4, -0.2) is 23.9 Å².